The standard InChI is InChI=1S/C5H12O4/c1-5(9,3-7)4(8)2-6/h4,6-9H,2-3H2,1H3/t4-,5?/m0/s1. The molecular weight excluding hydrogens is 124 g/mol. The fraction of sp³-hybridized carbons (Fsp3) is 1.00. The molecule has 0 heterocycles. The van der Waals surface area contributed by atoms with E-state index in [0.29, 0.717) is 0 Å². The average Bonchev–Trinajstić information content (AvgIpc) is 1.86. The van der Waals surface area contributed by atoms with Gasteiger partial charge < -0.3 is 20.4 Å². The third-order valence-electron chi connectivity index (χ3n) is 1.21. The lowest BCUT2D eigenvalue weighted by molar-refractivity contribution is -0.108. The van der Waals surface area contributed by atoms with Crippen LogP contribution in [0.1, 0.15) is 6.92 Å². The molecule has 0 fully saturated rings. The van der Waals surface area contributed by atoms with Crippen LogP contribution in [0.4, 0.5) is 0 Å². The largest absolute Gasteiger partial charge is 0.394 e. The third-order valence-corrected chi connectivity index (χ3v) is 1.21. The molecular formula is C5H12O4. The zero-order valence-corrected chi connectivity index (χ0v) is 5.28. The topological polar surface area (TPSA) is 80.9 Å². The van der Waals surface area contributed by atoms with Gasteiger partial charge in [0.1, 0.15) is 11.7 Å². The Balaban J connectivity index is 3.80. The molecule has 0 aromatic heterocycles. The summed E-state index contributed by atoms with van der Waals surface area (Å²) in [4.78, 5) is 0. The minimum Gasteiger partial charge on any atom is -0.394 e. The van der Waals surface area contributed by atoms with Gasteiger partial charge in [0, 0.05) is 0 Å². The second kappa shape index (κ2) is 3.12. The van der Waals surface area contributed by atoms with Gasteiger partial charge in [-0.05, 0) is 6.92 Å². The molecule has 0 bridgehead atoms. The predicted molar refractivity (Wildman–Crippen MR) is 30.8 cm³/mol. The molecule has 0 aromatic rings. The Kier molecular flexibility index (Phi) is 3.07. The van der Waals surface area contributed by atoms with Gasteiger partial charge in [-0.1, -0.05) is 0 Å². The molecule has 0 rings (SSSR count). The maximum absolute atomic E-state index is 8.93. The fourth-order valence-corrected chi connectivity index (χ4v) is 0.302. The molecule has 0 spiro atoms. The summed E-state index contributed by atoms with van der Waals surface area (Å²) in [5.41, 5.74) is -1.59. The van der Waals surface area contributed by atoms with Gasteiger partial charge in [-0.2, -0.15) is 0 Å². The molecule has 2 atom stereocenters. The monoisotopic (exact) mass is 136 g/mol. The summed E-state index contributed by atoms with van der Waals surface area (Å²) in [5.74, 6) is 0. The first-order chi connectivity index (χ1) is 4.04. The predicted octanol–water partition coefficient (Wildman–Crippen LogP) is -1.92. The van der Waals surface area contributed by atoms with Gasteiger partial charge in [-0.3, -0.25) is 0 Å². The number of aliphatic hydroxyl groups excluding tert-OH is 3. The molecule has 0 saturated heterocycles. The van der Waals surface area contributed by atoms with E-state index in [1.54, 1.807) is 0 Å². The molecule has 1 unspecified atom stereocenters. The Morgan fingerprint density at radius 2 is 1.89 bits per heavy atom. The van der Waals surface area contributed by atoms with Gasteiger partial charge in [-0.15, -0.1) is 0 Å². The highest BCUT2D eigenvalue weighted by molar-refractivity contribution is 4.79. The van der Waals surface area contributed by atoms with Gasteiger partial charge in [0.05, 0.1) is 13.2 Å². The van der Waals surface area contributed by atoms with Crippen molar-refractivity contribution in [1.29, 1.82) is 0 Å². The first kappa shape index (κ1) is 8.84. The van der Waals surface area contributed by atoms with E-state index in [0.717, 1.165) is 0 Å². The maximum Gasteiger partial charge on any atom is 0.113 e. The summed E-state index contributed by atoms with van der Waals surface area (Å²) in [5, 5.41) is 34.3. The molecule has 0 aliphatic rings. The smallest absolute Gasteiger partial charge is 0.113 e. The lowest BCUT2D eigenvalue weighted by atomic mass is 10.0. The minimum atomic E-state index is -1.59. The summed E-state index contributed by atoms with van der Waals surface area (Å²) in [6.07, 6.45) is -1.28. The summed E-state index contributed by atoms with van der Waals surface area (Å²) < 4.78 is 0. The van der Waals surface area contributed by atoms with E-state index in [-0.39, 0.29) is 0 Å². The molecule has 0 radical (unpaired) electrons. The Labute approximate surface area is 53.4 Å². The minimum absolute atomic E-state index is 0.548. The van der Waals surface area contributed by atoms with Crippen molar-refractivity contribution in [2.75, 3.05) is 13.2 Å². The van der Waals surface area contributed by atoms with Crippen LogP contribution < -0.4 is 0 Å². The van der Waals surface area contributed by atoms with E-state index in [4.69, 9.17) is 20.4 Å². The molecule has 0 aliphatic carbocycles. The molecule has 0 aliphatic heterocycles. The van der Waals surface area contributed by atoms with Gasteiger partial charge >= 0.3 is 0 Å². The normalized spacial score (nSPS) is 21.0. The van der Waals surface area contributed by atoms with Crippen LogP contribution in [0.5, 0.6) is 0 Å². The fourth-order valence-electron chi connectivity index (χ4n) is 0.302. The van der Waals surface area contributed by atoms with Crippen LogP contribution in [0.25, 0.3) is 0 Å². The van der Waals surface area contributed by atoms with Crippen LogP contribution in [-0.2, 0) is 0 Å². The zero-order chi connectivity index (χ0) is 7.49. The number of aliphatic hydroxyl groups is 4. The highest BCUT2D eigenvalue weighted by Gasteiger charge is 2.28. The van der Waals surface area contributed by atoms with E-state index in [1.165, 1.54) is 6.92 Å². The molecule has 4 nitrogen and oxygen atoms in total. The van der Waals surface area contributed by atoms with E-state index >= 15 is 0 Å². The highest BCUT2D eigenvalue weighted by atomic mass is 16.4. The van der Waals surface area contributed by atoms with Crippen molar-refractivity contribution in [3.8, 4) is 0 Å². The van der Waals surface area contributed by atoms with Gasteiger partial charge in [0.2, 0.25) is 0 Å². The van der Waals surface area contributed by atoms with Crippen LogP contribution in [-0.4, -0.2) is 45.3 Å². The van der Waals surface area contributed by atoms with E-state index in [2.05, 4.69) is 0 Å². The Bertz CT molecular complexity index is 81.0. The van der Waals surface area contributed by atoms with Gasteiger partial charge in [0.25, 0.3) is 0 Å². The van der Waals surface area contributed by atoms with Crippen molar-refractivity contribution in [2.45, 2.75) is 18.6 Å². The van der Waals surface area contributed by atoms with Crippen LogP contribution in [0, 0.1) is 0 Å². The lowest BCUT2D eigenvalue weighted by Gasteiger charge is -2.24. The van der Waals surface area contributed by atoms with Crippen molar-refractivity contribution in [1.82, 2.24) is 0 Å². The summed E-state index contributed by atoms with van der Waals surface area (Å²) in [6, 6.07) is 0. The zero-order valence-electron chi connectivity index (χ0n) is 5.28. The average molecular weight is 136 g/mol. The van der Waals surface area contributed by atoms with Crippen molar-refractivity contribution < 1.29 is 20.4 Å². The van der Waals surface area contributed by atoms with Crippen LogP contribution >= 0.6 is 0 Å². The number of rotatable bonds is 3. The molecule has 4 heteroatoms. The summed E-state index contributed by atoms with van der Waals surface area (Å²) >= 11 is 0. The number of hydrogen-bond donors (Lipinski definition) is 4. The summed E-state index contributed by atoms with van der Waals surface area (Å²) in [6.45, 7) is 0.135. The molecule has 9 heavy (non-hydrogen) atoms. The Morgan fingerprint density at radius 1 is 1.44 bits per heavy atom. The molecule has 56 valence electrons. The lowest BCUT2D eigenvalue weighted by Crippen LogP contribution is -2.44. The van der Waals surface area contributed by atoms with Gasteiger partial charge in [-0.25, -0.2) is 0 Å². The highest BCUT2D eigenvalue weighted by Crippen LogP contribution is 2.06. The van der Waals surface area contributed by atoms with Crippen LogP contribution in [0.2, 0.25) is 0 Å². The Hall–Kier alpha value is -0.160. The quantitative estimate of drug-likeness (QED) is 0.364. The van der Waals surface area contributed by atoms with Crippen molar-refractivity contribution >= 4 is 0 Å². The first-order valence-corrected chi connectivity index (χ1v) is 2.66. The molecule has 0 aromatic carbocycles. The molecule has 0 saturated carbocycles. The first-order valence-electron chi connectivity index (χ1n) is 2.66. The summed E-state index contributed by atoms with van der Waals surface area (Å²) in [7, 11) is 0. The van der Waals surface area contributed by atoms with E-state index in [1.807, 2.05) is 0 Å². The second-order valence-electron chi connectivity index (χ2n) is 2.21. The van der Waals surface area contributed by atoms with E-state index in [9.17, 15) is 0 Å². The van der Waals surface area contributed by atoms with Crippen molar-refractivity contribution in [3.05, 3.63) is 0 Å². The second-order valence-corrected chi connectivity index (χ2v) is 2.21. The van der Waals surface area contributed by atoms with Gasteiger partial charge in [0.15, 0.2) is 0 Å². The third kappa shape index (κ3) is 2.28. The number of hydrogen-bond acceptors (Lipinski definition) is 4. The van der Waals surface area contributed by atoms with Crippen LogP contribution in [0.3, 0.4) is 0 Å². The Morgan fingerprint density at radius 3 is 2.00 bits per heavy atom. The maximum atomic E-state index is 8.93. The van der Waals surface area contributed by atoms with Crippen molar-refractivity contribution in [3.63, 3.8) is 0 Å². The molecule has 4 N–H and O–H groups in total. The van der Waals surface area contributed by atoms with Crippen molar-refractivity contribution in [2.24, 2.45) is 0 Å². The van der Waals surface area contributed by atoms with E-state index < -0.39 is 24.9 Å². The molecule has 0 amide bonds. The van der Waals surface area contributed by atoms with Crippen LogP contribution in [0.15, 0.2) is 0 Å². The SMILES string of the molecule is CC(O)(CO)[C@@H](O)CO.